The summed E-state index contributed by atoms with van der Waals surface area (Å²) < 4.78 is 0.789. The predicted octanol–water partition coefficient (Wildman–Crippen LogP) is 1.92. The van der Waals surface area contributed by atoms with Crippen LogP contribution in [0, 0.1) is 0 Å². The maximum absolute atomic E-state index is 5.83. The van der Waals surface area contributed by atoms with Crippen molar-refractivity contribution in [3.8, 4) is 0 Å². The smallest absolute Gasteiger partial charge is 0.0932 e. The first kappa shape index (κ1) is 9.00. The average molecular weight is 191 g/mol. The molecule has 1 aromatic rings. The zero-order valence-corrected chi connectivity index (χ0v) is 8.12. The molecule has 1 unspecified atom stereocenters. The normalized spacial score (nSPS) is 13.9. The standard InChI is InChI=1S/C7H11ClN2S/c1-10(2)7(9)5-3-4-6(8)11-5/h3-4,7H,9H2,1-2H3. The molecule has 0 aliphatic carbocycles. The van der Waals surface area contributed by atoms with Gasteiger partial charge in [-0.3, -0.25) is 4.90 Å². The van der Waals surface area contributed by atoms with Gasteiger partial charge in [-0.15, -0.1) is 11.3 Å². The summed E-state index contributed by atoms with van der Waals surface area (Å²) in [6.07, 6.45) is -0.0347. The Balaban J connectivity index is 2.76. The molecule has 0 radical (unpaired) electrons. The van der Waals surface area contributed by atoms with E-state index in [2.05, 4.69) is 0 Å². The Morgan fingerprint density at radius 1 is 1.55 bits per heavy atom. The second-order valence-electron chi connectivity index (χ2n) is 2.55. The van der Waals surface area contributed by atoms with Crippen molar-refractivity contribution in [2.45, 2.75) is 6.17 Å². The quantitative estimate of drug-likeness (QED) is 0.723. The lowest BCUT2D eigenvalue weighted by Gasteiger charge is -2.17. The maximum Gasteiger partial charge on any atom is 0.0932 e. The Kier molecular flexibility index (Phi) is 2.90. The molecule has 0 fully saturated rings. The summed E-state index contributed by atoms with van der Waals surface area (Å²) in [4.78, 5) is 3.04. The van der Waals surface area contributed by atoms with Gasteiger partial charge in [0.15, 0.2) is 0 Å². The fourth-order valence-electron chi connectivity index (χ4n) is 0.742. The van der Waals surface area contributed by atoms with Gasteiger partial charge in [-0.25, -0.2) is 0 Å². The largest absolute Gasteiger partial charge is 0.311 e. The summed E-state index contributed by atoms with van der Waals surface area (Å²) in [5.74, 6) is 0. The van der Waals surface area contributed by atoms with Crippen LogP contribution in [0.15, 0.2) is 12.1 Å². The number of nitrogens with zero attached hydrogens (tertiary/aromatic N) is 1. The van der Waals surface area contributed by atoms with E-state index < -0.39 is 0 Å². The molecule has 1 heterocycles. The van der Waals surface area contributed by atoms with E-state index in [1.807, 2.05) is 31.1 Å². The third-order valence-electron chi connectivity index (χ3n) is 1.44. The van der Waals surface area contributed by atoms with Gasteiger partial charge in [0.2, 0.25) is 0 Å². The number of hydrogen-bond donors (Lipinski definition) is 1. The molecule has 0 spiro atoms. The van der Waals surface area contributed by atoms with Gasteiger partial charge in [0.25, 0.3) is 0 Å². The lowest BCUT2D eigenvalue weighted by Crippen LogP contribution is -2.26. The molecule has 0 aliphatic heterocycles. The van der Waals surface area contributed by atoms with Crippen molar-refractivity contribution in [2.24, 2.45) is 5.73 Å². The van der Waals surface area contributed by atoms with Crippen molar-refractivity contribution in [3.63, 3.8) is 0 Å². The molecule has 0 bridgehead atoms. The molecule has 0 saturated carbocycles. The number of halogens is 1. The molecular weight excluding hydrogens is 180 g/mol. The van der Waals surface area contributed by atoms with E-state index in [-0.39, 0.29) is 6.17 Å². The van der Waals surface area contributed by atoms with Crippen LogP contribution in [0.5, 0.6) is 0 Å². The van der Waals surface area contributed by atoms with Gasteiger partial charge in [-0.2, -0.15) is 0 Å². The highest BCUT2D eigenvalue weighted by molar-refractivity contribution is 7.16. The highest BCUT2D eigenvalue weighted by Gasteiger charge is 2.09. The van der Waals surface area contributed by atoms with E-state index in [0.29, 0.717) is 0 Å². The van der Waals surface area contributed by atoms with Gasteiger partial charge in [-0.1, -0.05) is 11.6 Å². The monoisotopic (exact) mass is 190 g/mol. The van der Waals surface area contributed by atoms with Crippen LogP contribution in [0.3, 0.4) is 0 Å². The van der Waals surface area contributed by atoms with Gasteiger partial charge in [0.1, 0.15) is 0 Å². The van der Waals surface area contributed by atoms with Crippen molar-refractivity contribution in [2.75, 3.05) is 14.1 Å². The molecular formula is C7H11ClN2S. The minimum Gasteiger partial charge on any atom is -0.311 e. The van der Waals surface area contributed by atoms with Crippen LogP contribution in [-0.2, 0) is 0 Å². The molecule has 0 saturated heterocycles. The zero-order valence-electron chi connectivity index (χ0n) is 6.54. The first-order chi connectivity index (χ1) is 5.11. The molecule has 1 rings (SSSR count). The van der Waals surface area contributed by atoms with Crippen molar-refractivity contribution < 1.29 is 0 Å². The highest BCUT2D eigenvalue weighted by Crippen LogP contribution is 2.26. The fourth-order valence-corrected chi connectivity index (χ4v) is 1.90. The zero-order chi connectivity index (χ0) is 8.43. The van der Waals surface area contributed by atoms with E-state index in [9.17, 15) is 0 Å². The van der Waals surface area contributed by atoms with Crippen molar-refractivity contribution in [1.29, 1.82) is 0 Å². The summed E-state index contributed by atoms with van der Waals surface area (Å²) >= 11 is 7.28. The Hall–Kier alpha value is -0.0900. The molecule has 2 nitrogen and oxygen atoms in total. The molecule has 0 amide bonds. The van der Waals surface area contributed by atoms with E-state index in [1.54, 1.807) is 0 Å². The minimum atomic E-state index is -0.0347. The van der Waals surface area contributed by atoms with E-state index >= 15 is 0 Å². The Labute approximate surface area is 75.6 Å². The lowest BCUT2D eigenvalue weighted by atomic mass is 10.4. The number of hydrogen-bond acceptors (Lipinski definition) is 3. The number of nitrogens with two attached hydrogens (primary N) is 1. The molecule has 62 valence electrons. The molecule has 2 N–H and O–H groups in total. The topological polar surface area (TPSA) is 29.3 Å². The number of thiophene rings is 1. The SMILES string of the molecule is CN(C)C(N)c1ccc(Cl)s1. The van der Waals surface area contributed by atoms with Crippen LogP contribution in [0.4, 0.5) is 0 Å². The Bertz CT molecular complexity index is 234. The molecule has 0 aliphatic rings. The second kappa shape index (κ2) is 3.54. The molecule has 11 heavy (non-hydrogen) atoms. The van der Waals surface area contributed by atoms with Crippen LogP contribution in [0.1, 0.15) is 11.0 Å². The van der Waals surface area contributed by atoms with Gasteiger partial charge in [-0.05, 0) is 26.2 Å². The molecule has 1 atom stereocenters. The molecule has 0 aromatic carbocycles. The second-order valence-corrected chi connectivity index (χ2v) is 4.30. The first-order valence-electron chi connectivity index (χ1n) is 3.28. The summed E-state index contributed by atoms with van der Waals surface area (Å²) in [6.45, 7) is 0. The predicted molar refractivity (Wildman–Crippen MR) is 49.9 cm³/mol. The summed E-state index contributed by atoms with van der Waals surface area (Å²) in [6, 6.07) is 3.82. The van der Waals surface area contributed by atoms with Gasteiger partial charge >= 0.3 is 0 Å². The third kappa shape index (κ3) is 2.17. The van der Waals surface area contributed by atoms with Crippen LogP contribution in [0.25, 0.3) is 0 Å². The number of rotatable bonds is 2. The summed E-state index contributed by atoms with van der Waals surface area (Å²) in [5.41, 5.74) is 5.83. The van der Waals surface area contributed by atoms with Crippen LogP contribution in [0.2, 0.25) is 4.34 Å². The van der Waals surface area contributed by atoms with Gasteiger partial charge < -0.3 is 5.73 Å². The third-order valence-corrected chi connectivity index (χ3v) is 2.74. The van der Waals surface area contributed by atoms with Crippen LogP contribution < -0.4 is 5.73 Å². The maximum atomic E-state index is 5.83. The molecule has 4 heteroatoms. The first-order valence-corrected chi connectivity index (χ1v) is 4.48. The van der Waals surface area contributed by atoms with Crippen LogP contribution >= 0.6 is 22.9 Å². The van der Waals surface area contributed by atoms with Crippen LogP contribution in [-0.4, -0.2) is 19.0 Å². The average Bonchev–Trinajstić information content (AvgIpc) is 2.34. The Morgan fingerprint density at radius 2 is 2.18 bits per heavy atom. The van der Waals surface area contributed by atoms with E-state index in [1.165, 1.54) is 11.3 Å². The van der Waals surface area contributed by atoms with Gasteiger partial charge in [0.05, 0.1) is 10.5 Å². The van der Waals surface area contributed by atoms with Crippen molar-refractivity contribution >= 4 is 22.9 Å². The van der Waals surface area contributed by atoms with Gasteiger partial charge in [0, 0.05) is 4.88 Å². The van der Waals surface area contributed by atoms with E-state index in [4.69, 9.17) is 17.3 Å². The van der Waals surface area contributed by atoms with Crippen molar-refractivity contribution in [3.05, 3.63) is 21.3 Å². The van der Waals surface area contributed by atoms with E-state index in [0.717, 1.165) is 9.21 Å². The Morgan fingerprint density at radius 3 is 2.55 bits per heavy atom. The lowest BCUT2D eigenvalue weighted by molar-refractivity contribution is 0.311. The molecule has 1 aromatic heterocycles. The minimum absolute atomic E-state index is 0.0347. The fraction of sp³-hybridized carbons (Fsp3) is 0.429. The summed E-state index contributed by atoms with van der Waals surface area (Å²) in [5, 5.41) is 0. The van der Waals surface area contributed by atoms with Crippen molar-refractivity contribution in [1.82, 2.24) is 4.90 Å². The highest BCUT2D eigenvalue weighted by atomic mass is 35.5. The summed E-state index contributed by atoms with van der Waals surface area (Å²) in [7, 11) is 3.89.